The van der Waals surface area contributed by atoms with Crippen molar-refractivity contribution in [1.29, 1.82) is 0 Å². The molecular formula is C20H14O4. The number of para-hydroxylation sites is 1. The standard InChI is InChI=1S/C20H14O4/c21-19-13-8-4-5-9-15(13)24-16-11-10-14(20(22)23)17(18(16)19)12-6-2-1-3-7-12/h1-11,19,21H,(H,22,23). The monoisotopic (exact) mass is 318 g/mol. The van der Waals surface area contributed by atoms with Gasteiger partial charge >= 0.3 is 5.97 Å². The Morgan fingerprint density at radius 3 is 2.33 bits per heavy atom. The van der Waals surface area contributed by atoms with Gasteiger partial charge in [-0.1, -0.05) is 48.5 Å². The summed E-state index contributed by atoms with van der Waals surface area (Å²) in [6.45, 7) is 0. The number of hydrogen-bond acceptors (Lipinski definition) is 3. The molecule has 0 amide bonds. The number of aliphatic hydroxyl groups excluding tert-OH is 1. The van der Waals surface area contributed by atoms with E-state index in [-0.39, 0.29) is 5.56 Å². The lowest BCUT2D eigenvalue weighted by Crippen LogP contribution is -2.13. The molecule has 0 fully saturated rings. The van der Waals surface area contributed by atoms with Gasteiger partial charge < -0.3 is 14.9 Å². The third-order valence-corrected chi connectivity index (χ3v) is 4.21. The number of carboxylic acid groups (broad SMARTS) is 1. The summed E-state index contributed by atoms with van der Waals surface area (Å²) in [5.41, 5.74) is 2.47. The molecule has 2 N–H and O–H groups in total. The van der Waals surface area contributed by atoms with E-state index in [0.717, 1.165) is 5.56 Å². The van der Waals surface area contributed by atoms with Gasteiger partial charge in [-0.15, -0.1) is 0 Å². The number of benzene rings is 3. The largest absolute Gasteiger partial charge is 0.478 e. The number of rotatable bonds is 2. The van der Waals surface area contributed by atoms with Crippen molar-refractivity contribution in [2.75, 3.05) is 0 Å². The van der Waals surface area contributed by atoms with E-state index in [1.807, 2.05) is 42.5 Å². The summed E-state index contributed by atoms with van der Waals surface area (Å²) in [5.74, 6) is 0.0207. The average Bonchev–Trinajstić information content (AvgIpc) is 2.61. The number of ether oxygens (including phenoxy) is 1. The third-order valence-electron chi connectivity index (χ3n) is 4.21. The molecule has 0 bridgehead atoms. The van der Waals surface area contributed by atoms with E-state index in [9.17, 15) is 15.0 Å². The maximum Gasteiger partial charge on any atom is 0.336 e. The molecule has 4 nitrogen and oxygen atoms in total. The molecule has 1 heterocycles. The number of carbonyl (C=O) groups is 1. The van der Waals surface area contributed by atoms with Crippen LogP contribution in [0.15, 0.2) is 66.7 Å². The lowest BCUT2D eigenvalue weighted by molar-refractivity contribution is 0.0697. The average molecular weight is 318 g/mol. The van der Waals surface area contributed by atoms with Crippen LogP contribution in [-0.2, 0) is 0 Å². The summed E-state index contributed by atoms with van der Waals surface area (Å²) in [7, 11) is 0. The second-order valence-corrected chi connectivity index (χ2v) is 5.61. The molecule has 0 spiro atoms. The highest BCUT2D eigenvalue weighted by molar-refractivity contribution is 5.98. The van der Waals surface area contributed by atoms with Gasteiger partial charge in [-0.25, -0.2) is 4.79 Å². The normalized spacial score (nSPS) is 15.1. The van der Waals surface area contributed by atoms with Gasteiger partial charge in [0.05, 0.1) is 5.56 Å². The first kappa shape index (κ1) is 14.5. The first-order valence-corrected chi connectivity index (χ1v) is 7.57. The second kappa shape index (κ2) is 5.51. The van der Waals surface area contributed by atoms with Crippen molar-refractivity contribution in [3.63, 3.8) is 0 Å². The Hall–Kier alpha value is -3.11. The van der Waals surface area contributed by atoms with Crippen molar-refractivity contribution >= 4 is 5.97 Å². The van der Waals surface area contributed by atoms with Crippen LogP contribution >= 0.6 is 0 Å². The fourth-order valence-electron chi connectivity index (χ4n) is 3.13. The minimum absolute atomic E-state index is 0.141. The van der Waals surface area contributed by atoms with Crippen LogP contribution in [0.4, 0.5) is 0 Å². The minimum atomic E-state index is -1.04. The quantitative estimate of drug-likeness (QED) is 0.741. The van der Waals surface area contributed by atoms with E-state index >= 15 is 0 Å². The molecule has 0 aliphatic carbocycles. The molecule has 118 valence electrons. The van der Waals surface area contributed by atoms with E-state index in [1.54, 1.807) is 18.2 Å². The summed E-state index contributed by atoms with van der Waals surface area (Å²) in [5, 5.41) is 20.5. The zero-order valence-corrected chi connectivity index (χ0v) is 12.6. The van der Waals surface area contributed by atoms with Crippen LogP contribution in [0.1, 0.15) is 27.6 Å². The Morgan fingerprint density at radius 1 is 0.875 bits per heavy atom. The summed E-state index contributed by atoms with van der Waals surface area (Å²) in [6.07, 6.45) is -0.945. The van der Waals surface area contributed by atoms with Crippen LogP contribution in [-0.4, -0.2) is 16.2 Å². The predicted molar refractivity (Wildman–Crippen MR) is 89.4 cm³/mol. The molecule has 4 rings (SSSR count). The number of fused-ring (bicyclic) bond motifs is 2. The van der Waals surface area contributed by atoms with Gasteiger partial charge in [0.15, 0.2) is 0 Å². The van der Waals surface area contributed by atoms with E-state index in [1.165, 1.54) is 6.07 Å². The zero-order chi connectivity index (χ0) is 16.7. The maximum atomic E-state index is 11.7. The van der Waals surface area contributed by atoms with Crippen molar-refractivity contribution in [3.05, 3.63) is 83.4 Å². The summed E-state index contributed by atoms with van der Waals surface area (Å²) in [6, 6.07) is 19.5. The van der Waals surface area contributed by atoms with Crippen LogP contribution < -0.4 is 4.74 Å². The molecule has 0 saturated heterocycles. The number of aliphatic hydroxyl groups is 1. The fraction of sp³-hybridized carbons (Fsp3) is 0.0500. The smallest absolute Gasteiger partial charge is 0.336 e. The van der Waals surface area contributed by atoms with E-state index in [4.69, 9.17) is 4.74 Å². The van der Waals surface area contributed by atoms with Crippen LogP contribution in [0.25, 0.3) is 11.1 Å². The van der Waals surface area contributed by atoms with Crippen LogP contribution in [0.5, 0.6) is 11.5 Å². The summed E-state index contributed by atoms with van der Waals surface area (Å²) < 4.78 is 5.89. The Labute approximate surface area is 138 Å². The van der Waals surface area contributed by atoms with Crippen molar-refractivity contribution in [3.8, 4) is 22.6 Å². The van der Waals surface area contributed by atoms with Crippen LogP contribution in [0.3, 0.4) is 0 Å². The fourth-order valence-corrected chi connectivity index (χ4v) is 3.13. The van der Waals surface area contributed by atoms with Gasteiger partial charge in [-0.3, -0.25) is 0 Å². The van der Waals surface area contributed by atoms with Crippen molar-refractivity contribution in [2.24, 2.45) is 0 Å². The molecule has 4 heteroatoms. The number of carboxylic acids is 1. The van der Waals surface area contributed by atoms with Crippen LogP contribution in [0.2, 0.25) is 0 Å². The first-order valence-electron chi connectivity index (χ1n) is 7.57. The van der Waals surface area contributed by atoms with E-state index < -0.39 is 12.1 Å². The maximum absolute atomic E-state index is 11.7. The minimum Gasteiger partial charge on any atom is -0.478 e. The van der Waals surface area contributed by atoms with Crippen LogP contribution in [0, 0.1) is 0 Å². The molecule has 1 atom stereocenters. The SMILES string of the molecule is O=C(O)c1ccc2c(c1-c1ccccc1)C(O)c1ccccc1O2. The molecule has 0 radical (unpaired) electrons. The lowest BCUT2D eigenvalue weighted by Gasteiger charge is -2.28. The van der Waals surface area contributed by atoms with Gasteiger partial charge in [0.1, 0.15) is 17.6 Å². The van der Waals surface area contributed by atoms with Gasteiger partial charge in [-0.05, 0) is 23.8 Å². The van der Waals surface area contributed by atoms with Gasteiger partial charge in [-0.2, -0.15) is 0 Å². The third kappa shape index (κ3) is 2.16. The molecular weight excluding hydrogens is 304 g/mol. The number of aromatic carboxylic acids is 1. The highest BCUT2D eigenvalue weighted by Crippen LogP contribution is 2.47. The van der Waals surface area contributed by atoms with Crippen molar-refractivity contribution in [1.82, 2.24) is 0 Å². The molecule has 1 aliphatic rings. The van der Waals surface area contributed by atoms with Gasteiger partial charge in [0, 0.05) is 16.7 Å². The second-order valence-electron chi connectivity index (χ2n) is 5.61. The molecule has 3 aromatic carbocycles. The molecule has 24 heavy (non-hydrogen) atoms. The molecule has 0 aromatic heterocycles. The molecule has 1 aliphatic heterocycles. The lowest BCUT2D eigenvalue weighted by atomic mass is 9.87. The highest BCUT2D eigenvalue weighted by atomic mass is 16.5. The summed E-state index contributed by atoms with van der Waals surface area (Å²) >= 11 is 0. The number of hydrogen-bond donors (Lipinski definition) is 2. The predicted octanol–water partition coefficient (Wildman–Crippen LogP) is 4.24. The topological polar surface area (TPSA) is 66.8 Å². The molecule has 3 aromatic rings. The summed E-state index contributed by atoms with van der Waals surface area (Å²) in [4.78, 5) is 11.7. The first-order chi connectivity index (χ1) is 11.7. The Morgan fingerprint density at radius 2 is 1.58 bits per heavy atom. The Balaban J connectivity index is 2.02. The van der Waals surface area contributed by atoms with Crippen molar-refractivity contribution in [2.45, 2.75) is 6.10 Å². The van der Waals surface area contributed by atoms with Crippen molar-refractivity contribution < 1.29 is 19.7 Å². The highest BCUT2D eigenvalue weighted by Gasteiger charge is 2.31. The van der Waals surface area contributed by atoms with Gasteiger partial charge in [0.2, 0.25) is 0 Å². The van der Waals surface area contributed by atoms with E-state index in [2.05, 4.69) is 0 Å². The van der Waals surface area contributed by atoms with Gasteiger partial charge in [0.25, 0.3) is 0 Å². The molecule has 1 unspecified atom stereocenters. The zero-order valence-electron chi connectivity index (χ0n) is 12.6. The van der Waals surface area contributed by atoms with E-state index in [0.29, 0.717) is 28.2 Å². The Kier molecular flexibility index (Phi) is 3.32. The molecule has 0 saturated carbocycles. The Bertz CT molecular complexity index is 932.